The SMILES string of the molecule is CCCCC/C=C\C/C=C\CCCCCCCCCCCC(=O)NC(COP(=O)(O)OCC[N+](C)(C)C)C(O)/C=C/CCCCCCCCCCCCCCCCCC. The zero-order valence-corrected chi connectivity index (χ0v) is 40.4. The van der Waals surface area contributed by atoms with E-state index in [1.165, 1.54) is 161 Å². The van der Waals surface area contributed by atoms with Crippen LogP contribution in [-0.4, -0.2) is 73.4 Å². The first-order valence-corrected chi connectivity index (χ1v) is 26.4. The number of aliphatic hydroxyl groups excluding tert-OH is 1. The maximum atomic E-state index is 12.9. The number of quaternary nitrogens is 1. The lowest BCUT2D eigenvalue weighted by Gasteiger charge is -2.25. The summed E-state index contributed by atoms with van der Waals surface area (Å²) in [4.78, 5) is 23.2. The van der Waals surface area contributed by atoms with Crippen LogP contribution in [0.1, 0.15) is 226 Å². The van der Waals surface area contributed by atoms with Gasteiger partial charge in [0.1, 0.15) is 13.2 Å². The molecule has 3 atom stereocenters. The first-order valence-electron chi connectivity index (χ1n) is 24.9. The number of carbonyl (C=O) groups excluding carboxylic acids is 1. The van der Waals surface area contributed by atoms with Gasteiger partial charge in [-0.05, 0) is 51.4 Å². The number of rotatable bonds is 45. The number of unbranched alkanes of at least 4 members (excludes halogenated alkanes) is 28. The van der Waals surface area contributed by atoms with E-state index in [1.807, 2.05) is 27.2 Å². The Kier molecular flexibility index (Phi) is 41.1. The zero-order chi connectivity index (χ0) is 43.6. The Labute approximate surface area is 366 Å². The largest absolute Gasteiger partial charge is 0.472 e. The third-order valence-corrected chi connectivity index (χ3v) is 12.1. The molecule has 1 amide bonds. The summed E-state index contributed by atoms with van der Waals surface area (Å²) in [5.41, 5.74) is 0. The molecule has 0 aromatic carbocycles. The molecule has 0 fully saturated rings. The number of likely N-dealkylation sites (N-methyl/N-ethyl adjacent to an activating group) is 1. The van der Waals surface area contributed by atoms with Crippen LogP contribution >= 0.6 is 7.82 Å². The number of hydrogen-bond donors (Lipinski definition) is 3. The Bertz CT molecular complexity index is 1060. The van der Waals surface area contributed by atoms with Gasteiger partial charge in [0, 0.05) is 6.42 Å². The second-order valence-electron chi connectivity index (χ2n) is 18.2. The van der Waals surface area contributed by atoms with Crippen LogP contribution in [0.15, 0.2) is 36.5 Å². The molecule has 0 aliphatic heterocycles. The molecule has 0 aromatic heterocycles. The Morgan fingerprint density at radius 2 is 0.966 bits per heavy atom. The molecule has 3 N–H and O–H groups in total. The molecule has 9 heteroatoms. The quantitative estimate of drug-likeness (QED) is 0.0244. The fourth-order valence-corrected chi connectivity index (χ4v) is 7.87. The monoisotopic (exact) mass is 854 g/mol. The van der Waals surface area contributed by atoms with E-state index in [2.05, 4.69) is 43.5 Å². The second kappa shape index (κ2) is 42.0. The average molecular weight is 854 g/mol. The molecule has 348 valence electrons. The van der Waals surface area contributed by atoms with Crippen LogP contribution in [-0.2, 0) is 18.4 Å². The normalized spacial score (nSPS) is 14.5. The summed E-state index contributed by atoms with van der Waals surface area (Å²) in [7, 11) is 1.57. The maximum Gasteiger partial charge on any atom is 0.472 e. The Balaban J connectivity index is 4.35. The van der Waals surface area contributed by atoms with E-state index in [1.54, 1.807) is 6.08 Å². The number of hydrogen-bond acceptors (Lipinski definition) is 5. The minimum atomic E-state index is -4.34. The Morgan fingerprint density at radius 3 is 1.42 bits per heavy atom. The van der Waals surface area contributed by atoms with Gasteiger partial charge in [0.15, 0.2) is 0 Å². The predicted molar refractivity (Wildman–Crippen MR) is 254 cm³/mol. The number of phosphoric ester groups is 1. The predicted octanol–water partition coefficient (Wildman–Crippen LogP) is 14.3. The molecule has 0 saturated carbocycles. The summed E-state index contributed by atoms with van der Waals surface area (Å²) in [6.07, 6.45) is 52.1. The standard InChI is InChI=1S/C50H97N2O6P/c1-6-8-10-12-14-16-18-20-22-24-26-28-30-32-34-36-38-40-42-44-50(54)51-48(47-58-59(55,56)57-46-45-52(3,4)5)49(53)43-41-39-37-35-33-31-29-27-25-23-21-19-17-15-13-11-9-7-2/h14,16,20,22,41,43,48-49,53H,6-13,15,17-19,21,23-40,42,44-47H2,1-5H3,(H-,51,54,55,56)/p+1/b16-14-,22-20-,43-41+. The van der Waals surface area contributed by atoms with Crippen molar-refractivity contribution in [2.45, 2.75) is 238 Å². The molecule has 0 rings (SSSR count). The number of allylic oxidation sites excluding steroid dienone is 5. The molecule has 8 nitrogen and oxygen atoms in total. The summed E-state index contributed by atoms with van der Waals surface area (Å²) in [5, 5.41) is 13.9. The number of nitrogens with zero attached hydrogens (tertiary/aromatic N) is 1. The summed E-state index contributed by atoms with van der Waals surface area (Å²) in [6, 6.07) is -0.848. The van der Waals surface area contributed by atoms with Gasteiger partial charge < -0.3 is 19.8 Å². The number of carbonyl (C=O) groups is 1. The lowest BCUT2D eigenvalue weighted by atomic mass is 10.0. The van der Waals surface area contributed by atoms with Gasteiger partial charge >= 0.3 is 7.82 Å². The van der Waals surface area contributed by atoms with Crippen molar-refractivity contribution >= 4 is 13.7 Å². The van der Waals surface area contributed by atoms with Gasteiger partial charge in [-0.2, -0.15) is 0 Å². The molecule has 3 unspecified atom stereocenters. The maximum absolute atomic E-state index is 12.9. The molecule has 0 bridgehead atoms. The van der Waals surface area contributed by atoms with E-state index >= 15 is 0 Å². The third-order valence-electron chi connectivity index (χ3n) is 11.1. The number of phosphoric acid groups is 1. The van der Waals surface area contributed by atoms with E-state index in [9.17, 15) is 19.4 Å². The van der Waals surface area contributed by atoms with Crippen molar-refractivity contribution in [3.8, 4) is 0 Å². The highest BCUT2D eigenvalue weighted by molar-refractivity contribution is 7.47. The Hall–Kier alpha value is -1.28. The smallest absolute Gasteiger partial charge is 0.387 e. The van der Waals surface area contributed by atoms with E-state index in [-0.39, 0.29) is 19.1 Å². The summed E-state index contributed by atoms with van der Waals surface area (Å²) < 4.78 is 23.6. The number of nitrogens with one attached hydrogen (secondary N) is 1. The van der Waals surface area contributed by atoms with E-state index in [0.29, 0.717) is 17.4 Å². The van der Waals surface area contributed by atoms with Gasteiger partial charge in [-0.15, -0.1) is 0 Å². The molecular formula is C50H98N2O6P+. The fraction of sp³-hybridized carbons (Fsp3) is 0.860. The fourth-order valence-electron chi connectivity index (χ4n) is 7.13. The van der Waals surface area contributed by atoms with Crippen LogP contribution in [0.4, 0.5) is 0 Å². The minimum absolute atomic E-state index is 0.0608. The number of aliphatic hydroxyl groups is 1. The third kappa shape index (κ3) is 44.6. The molecule has 0 aliphatic rings. The van der Waals surface area contributed by atoms with Crippen LogP contribution in [0, 0.1) is 0 Å². The van der Waals surface area contributed by atoms with Crippen molar-refractivity contribution < 1.29 is 32.9 Å². The first kappa shape index (κ1) is 57.7. The Morgan fingerprint density at radius 1 is 0.576 bits per heavy atom. The number of amides is 1. The topological polar surface area (TPSA) is 105 Å². The zero-order valence-electron chi connectivity index (χ0n) is 39.5. The van der Waals surface area contributed by atoms with Crippen LogP contribution in [0.2, 0.25) is 0 Å². The van der Waals surface area contributed by atoms with Gasteiger partial charge in [-0.1, -0.05) is 204 Å². The molecule has 0 spiro atoms. The molecular weight excluding hydrogens is 756 g/mol. The van der Waals surface area contributed by atoms with E-state index in [0.717, 1.165) is 44.9 Å². The summed E-state index contributed by atoms with van der Waals surface area (Å²) >= 11 is 0. The second-order valence-corrected chi connectivity index (χ2v) is 19.6. The van der Waals surface area contributed by atoms with Crippen molar-refractivity contribution in [2.75, 3.05) is 40.9 Å². The van der Waals surface area contributed by atoms with Gasteiger partial charge in [0.2, 0.25) is 5.91 Å². The average Bonchev–Trinajstić information content (AvgIpc) is 3.19. The lowest BCUT2D eigenvalue weighted by Crippen LogP contribution is -2.45. The van der Waals surface area contributed by atoms with Crippen molar-refractivity contribution in [3.63, 3.8) is 0 Å². The van der Waals surface area contributed by atoms with E-state index < -0.39 is 20.0 Å². The first-order chi connectivity index (χ1) is 28.5. The molecule has 0 aromatic rings. The van der Waals surface area contributed by atoms with E-state index in [4.69, 9.17) is 9.05 Å². The van der Waals surface area contributed by atoms with Crippen LogP contribution < -0.4 is 5.32 Å². The highest BCUT2D eigenvalue weighted by Crippen LogP contribution is 2.43. The minimum Gasteiger partial charge on any atom is -0.387 e. The van der Waals surface area contributed by atoms with Gasteiger partial charge in [0.05, 0.1) is 39.9 Å². The van der Waals surface area contributed by atoms with Gasteiger partial charge in [0.25, 0.3) is 0 Å². The summed E-state index contributed by atoms with van der Waals surface area (Å²) in [5.74, 6) is -0.181. The lowest BCUT2D eigenvalue weighted by molar-refractivity contribution is -0.870. The molecule has 0 aliphatic carbocycles. The van der Waals surface area contributed by atoms with Crippen LogP contribution in [0.5, 0.6) is 0 Å². The van der Waals surface area contributed by atoms with Crippen LogP contribution in [0.25, 0.3) is 0 Å². The molecule has 0 heterocycles. The molecule has 59 heavy (non-hydrogen) atoms. The highest BCUT2D eigenvalue weighted by atomic mass is 31.2. The molecule has 0 saturated heterocycles. The van der Waals surface area contributed by atoms with Crippen LogP contribution in [0.3, 0.4) is 0 Å². The summed E-state index contributed by atoms with van der Waals surface area (Å²) in [6.45, 7) is 4.80. The highest BCUT2D eigenvalue weighted by Gasteiger charge is 2.27. The van der Waals surface area contributed by atoms with Gasteiger partial charge in [-0.25, -0.2) is 4.57 Å². The van der Waals surface area contributed by atoms with Gasteiger partial charge in [-0.3, -0.25) is 13.8 Å². The van der Waals surface area contributed by atoms with Crippen molar-refractivity contribution in [2.24, 2.45) is 0 Å². The molecule has 0 radical (unpaired) electrons. The van der Waals surface area contributed by atoms with Crippen molar-refractivity contribution in [1.29, 1.82) is 0 Å². The van der Waals surface area contributed by atoms with Crippen molar-refractivity contribution in [1.82, 2.24) is 5.32 Å². The van der Waals surface area contributed by atoms with Crippen molar-refractivity contribution in [3.05, 3.63) is 36.5 Å².